The molecule has 0 saturated carbocycles. The Morgan fingerprint density at radius 2 is 1.86 bits per heavy atom. The number of halogens is 5. The molecule has 1 N–H and O–H groups in total. The monoisotopic (exact) mass is 529 g/mol. The van der Waals surface area contributed by atoms with Crippen LogP contribution in [-0.2, 0) is 19.1 Å². The van der Waals surface area contributed by atoms with Crippen LogP contribution in [0.25, 0.3) is 33.2 Å². The van der Waals surface area contributed by atoms with Gasteiger partial charge in [-0.3, -0.25) is 4.79 Å². The SMILES string of the molecule is CCCCn1cc(C(=O)O)c(=O)c2cc(-c3c(F)c(Cl)cc4c3Cc3ccccc3-4)cc(C(F)(F)F)c21. The van der Waals surface area contributed by atoms with Crippen molar-refractivity contribution in [2.75, 3.05) is 0 Å². The van der Waals surface area contributed by atoms with E-state index in [0.29, 0.717) is 24.0 Å². The van der Waals surface area contributed by atoms with Crippen molar-refractivity contribution in [1.29, 1.82) is 0 Å². The Hall–Kier alpha value is -3.65. The molecule has 0 fully saturated rings. The first-order valence-electron chi connectivity index (χ1n) is 11.6. The van der Waals surface area contributed by atoms with Crippen LogP contribution in [0, 0.1) is 5.82 Å². The molecule has 37 heavy (non-hydrogen) atoms. The number of benzene rings is 3. The lowest BCUT2D eigenvalue weighted by molar-refractivity contribution is -0.136. The molecule has 1 heterocycles. The lowest BCUT2D eigenvalue weighted by atomic mass is 9.92. The maximum atomic E-state index is 15.6. The molecule has 0 atom stereocenters. The quantitative estimate of drug-likeness (QED) is 0.239. The zero-order valence-electron chi connectivity index (χ0n) is 19.5. The summed E-state index contributed by atoms with van der Waals surface area (Å²) in [5.74, 6) is -2.46. The molecule has 0 aliphatic heterocycles. The van der Waals surface area contributed by atoms with Gasteiger partial charge in [-0.2, -0.15) is 13.2 Å². The molecule has 0 spiro atoms. The van der Waals surface area contributed by atoms with Crippen LogP contribution < -0.4 is 5.43 Å². The Morgan fingerprint density at radius 1 is 1.14 bits per heavy atom. The minimum absolute atomic E-state index is 0.0756. The van der Waals surface area contributed by atoms with Crippen LogP contribution in [0.2, 0.25) is 5.02 Å². The van der Waals surface area contributed by atoms with Crippen LogP contribution in [0.5, 0.6) is 0 Å². The number of aromatic nitrogens is 1. The van der Waals surface area contributed by atoms with E-state index in [1.54, 1.807) is 6.07 Å². The maximum absolute atomic E-state index is 15.6. The summed E-state index contributed by atoms with van der Waals surface area (Å²) in [5.41, 5.74) is -0.891. The lowest BCUT2D eigenvalue weighted by Crippen LogP contribution is -2.22. The highest BCUT2D eigenvalue weighted by molar-refractivity contribution is 6.31. The summed E-state index contributed by atoms with van der Waals surface area (Å²) in [6.07, 6.45) is -2.59. The number of carboxylic acid groups (broad SMARTS) is 1. The third-order valence-corrected chi connectivity index (χ3v) is 7.03. The van der Waals surface area contributed by atoms with E-state index in [1.165, 1.54) is 6.07 Å². The van der Waals surface area contributed by atoms with E-state index in [2.05, 4.69) is 0 Å². The maximum Gasteiger partial charge on any atom is 0.418 e. The van der Waals surface area contributed by atoms with Gasteiger partial charge >= 0.3 is 12.1 Å². The third-order valence-electron chi connectivity index (χ3n) is 6.75. The van der Waals surface area contributed by atoms with Crippen LogP contribution in [0.4, 0.5) is 17.6 Å². The number of pyridine rings is 1. The second-order valence-corrected chi connectivity index (χ2v) is 9.46. The van der Waals surface area contributed by atoms with Gasteiger partial charge in [0.1, 0.15) is 11.4 Å². The van der Waals surface area contributed by atoms with E-state index in [0.717, 1.165) is 34.0 Å². The molecule has 0 amide bonds. The van der Waals surface area contributed by atoms with Crippen molar-refractivity contribution in [3.8, 4) is 22.3 Å². The number of carbonyl (C=O) groups is 1. The summed E-state index contributed by atoms with van der Waals surface area (Å²) < 4.78 is 60.0. The summed E-state index contributed by atoms with van der Waals surface area (Å²) in [6, 6.07) is 10.7. The smallest absolute Gasteiger partial charge is 0.418 e. The molecule has 0 radical (unpaired) electrons. The molecule has 0 bridgehead atoms. The zero-order valence-corrected chi connectivity index (χ0v) is 20.3. The highest BCUT2D eigenvalue weighted by Crippen LogP contribution is 2.46. The van der Waals surface area contributed by atoms with Gasteiger partial charge in [-0.25, -0.2) is 9.18 Å². The number of unbranched alkanes of at least 4 members (excludes halogenated alkanes) is 1. The van der Waals surface area contributed by atoms with Crippen molar-refractivity contribution >= 4 is 28.5 Å². The van der Waals surface area contributed by atoms with E-state index in [1.807, 2.05) is 25.1 Å². The normalized spacial score (nSPS) is 12.6. The van der Waals surface area contributed by atoms with Crippen LogP contribution in [0.3, 0.4) is 0 Å². The van der Waals surface area contributed by atoms with Gasteiger partial charge in [0.25, 0.3) is 0 Å². The highest BCUT2D eigenvalue weighted by atomic mass is 35.5. The van der Waals surface area contributed by atoms with Crippen molar-refractivity contribution in [3.05, 3.63) is 92.0 Å². The van der Waals surface area contributed by atoms with Crippen LogP contribution in [-0.4, -0.2) is 15.6 Å². The topological polar surface area (TPSA) is 59.3 Å². The van der Waals surface area contributed by atoms with E-state index in [9.17, 15) is 27.9 Å². The number of aryl methyl sites for hydroxylation is 1. The van der Waals surface area contributed by atoms with Crippen molar-refractivity contribution in [2.24, 2.45) is 0 Å². The Bertz CT molecular complexity index is 1660. The molecule has 0 unspecified atom stereocenters. The molecule has 190 valence electrons. The van der Waals surface area contributed by atoms with E-state index in [4.69, 9.17) is 11.6 Å². The molecule has 5 rings (SSSR count). The predicted molar refractivity (Wildman–Crippen MR) is 134 cm³/mol. The number of rotatable bonds is 5. The fourth-order valence-electron chi connectivity index (χ4n) is 5.07. The zero-order chi connectivity index (χ0) is 26.6. The molecule has 0 saturated heterocycles. The largest absolute Gasteiger partial charge is 0.477 e. The Balaban J connectivity index is 1.90. The van der Waals surface area contributed by atoms with Crippen LogP contribution in [0.1, 0.15) is 46.8 Å². The summed E-state index contributed by atoms with van der Waals surface area (Å²) in [5, 5.41) is 8.88. The molecule has 1 aliphatic carbocycles. The predicted octanol–water partition coefficient (Wildman–Crippen LogP) is 7.55. The number of aromatic carboxylic acids is 1. The first kappa shape index (κ1) is 25.0. The Labute approximate surface area is 213 Å². The summed E-state index contributed by atoms with van der Waals surface area (Å²) >= 11 is 6.20. The van der Waals surface area contributed by atoms with Crippen LogP contribution >= 0.6 is 11.6 Å². The van der Waals surface area contributed by atoms with Gasteiger partial charge < -0.3 is 9.67 Å². The van der Waals surface area contributed by atoms with Gasteiger partial charge in [0.15, 0.2) is 0 Å². The third kappa shape index (κ3) is 4.09. The molecular weight excluding hydrogens is 510 g/mol. The fourth-order valence-corrected chi connectivity index (χ4v) is 5.28. The summed E-state index contributed by atoms with van der Waals surface area (Å²) in [7, 11) is 0. The summed E-state index contributed by atoms with van der Waals surface area (Å²) in [4.78, 5) is 24.9. The van der Waals surface area contributed by atoms with Gasteiger partial charge in [-0.05, 0) is 58.9 Å². The highest BCUT2D eigenvalue weighted by Gasteiger charge is 2.36. The average molecular weight is 530 g/mol. The first-order valence-corrected chi connectivity index (χ1v) is 12.0. The van der Waals surface area contributed by atoms with Crippen molar-refractivity contribution in [2.45, 2.75) is 38.9 Å². The fraction of sp³-hybridized carbons (Fsp3) is 0.214. The Kier molecular flexibility index (Phi) is 6.10. The van der Waals surface area contributed by atoms with Gasteiger partial charge in [-0.15, -0.1) is 0 Å². The second kappa shape index (κ2) is 9.03. The van der Waals surface area contributed by atoms with Crippen molar-refractivity contribution in [3.63, 3.8) is 0 Å². The molecule has 4 aromatic rings. The van der Waals surface area contributed by atoms with Gasteiger partial charge in [0.05, 0.1) is 16.1 Å². The van der Waals surface area contributed by atoms with E-state index in [-0.39, 0.29) is 29.1 Å². The van der Waals surface area contributed by atoms with Gasteiger partial charge in [-0.1, -0.05) is 49.2 Å². The number of alkyl halides is 3. The molecule has 1 aromatic heterocycles. The van der Waals surface area contributed by atoms with Crippen molar-refractivity contribution < 1.29 is 27.5 Å². The second-order valence-electron chi connectivity index (χ2n) is 9.05. The van der Waals surface area contributed by atoms with Crippen molar-refractivity contribution in [1.82, 2.24) is 4.57 Å². The van der Waals surface area contributed by atoms with Crippen LogP contribution in [0.15, 0.2) is 53.5 Å². The number of nitrogens with zero attached hydrogens (tertiary/aromatic N) is 1. The first-order chi connectivity index (χ1) is 17.5. The van der Waals surface area contributed by atoms with E-state index >= 15 is 4.39 Å². The molecule has 4 nitrogen and oxygen atoms in total. The summed E-state index contributed by atoms with van der Waals surface area (Å²) in [6.45, 7) is 1.92. The molecule has 1 aliphatic rings. The minimum Gasteiger partial charge on any atom is -0.477 e. The molecule has 9 heteroatoms. The van der Waals surface area contributed by atoms with E-state index < -0.39 is 45.4 Å². The standard InChI is InChI=1S/C28H20ClF4NO3/c1-2-3-8-34-13-20(27(36)37)26(35)19-10-15(11-21(25(19)34)28(31,32)33)23-18-9-14-6-4-5-7-16(14)17(18)12-22(29)24(23)30/h4-7,10-13H,2-3,8-9H2,1H3,(H,36,37). The molecule has 3 aromatic carbocycles. The van der Waals surface area contributed by atoms with Gasteiger partial charge in [0.2, 0.25) is 5.43 Å². The lowest BCUT2D eigenvalue weighted by Gasteiger charge is -2.20. The number of hydrogen-bond acceptors (Lipinski definition) is 2. The molecular formula is C28H20ClF4NO3. The average Bonchev–Trinajstić information content (AvgIpc) is 3.21. The number of carboxylic acids is 1. The Morgan fingerprint density at radius 3 is 2.54 bits per heavy atom. The number of hydrogen-bond donors (Lipinski definition) is 1. The number of fused-ring (bicyclic) bond motifs is 4. The van der Waals surface area contributed by atoms with Gasteiger partial charge in [0, 0.05) is 23.7 Å². The minimum atomic E-state index is -4.90.